The lowest BCUT2D eigenvalue weighted by Crippen LogP contribution is -2.46. The van der Waals surface area contributed by atoms with Crippen LogP contribution >= 0.6 is 0 Å². The number of aromatic nitrogens is 1. The van der Waals surface area contributed by atoms with E-state index < -0.39 is 34.8 Å². The zero-order chi connectivity index (χ0) is 22.1. The van der Waals surface area contributed by atoms with Crippen LogP contribution in [0.4, 0.5) is 10.2 Å². The van der Waals surface area contributed by atoms with Crippen LogP contribution in [-0.2, 0) is 19.1 Å². The maximum absolute atomic E-state index is 14.7. The van der Waals surface area contributed by atoms with E-state index in [4.69, 9.17) is 4.74 Å². The number of esters is 1. The lowest BCUT2D eigenvalue weighted by atomic mass is 9.88. The first-order chi connectivity index (χ1) is 14.0. The van der Waals surface area contributed by atoms with Gasteiger partial charge in [0, 0.05) is 25.7 Å². The van der Waals surface area contributed by atoms with Crippen molar-refractivity contribution in [3.63, 3.8) is 0 Å². The lowest BCUT2D eigenvalue weighted by Gasteiger charge is -2.38. The zero-order valence-corrected chi connectivity index (χ0v) is 17.5. The van der Waals surface area contributed by atoms with Gasteiger partial charge >= 0.3 is 5.97 Å². The van der Waals surface area contributed by atoms with Gasteiger partial charge < -0.3 is 14.7 Å². The Morgan fingerprint density at radius 3 is 2.60 bits per heavy atom. The summed E-state index contributed by atoms with van der Waals surface area (Å²) in [5.41, 5.74) is -1.38. The molecule has 2 N–H and O–H groups in total. The number of rotatable bonds is 4. The Balaban J connectivity index is 1.62. The molecular formula is C21H28FN3O5. The molecule has 9 heteroatoms. The highest BCUT2D eigenvalue weighted by atomic mass is 19.1. The third-order valence-electron chi connectivity index (χ3n) is 5.37. The van der Waals surface area contributed by atoms with E-state index in [-0.39, 0.29) is 37.4 Å². The maximum Gasteiger partial charge on any atom is 0.309 e. The Morgan fingerprint density at radius 1 is 1.37 bits per heavy atom. The van der Waals surface area contributed by atoms with Crippen molar-refractivity contribution in [2.45, 2.75) is 70.0 Å². The molecule has 2 saturated heterocycles. The third-order valence-corrected chi connectivity index (χ3v) is 5.37. The van der Waals surface area contributed by atoms with Crippen LogP contribution in [0.5, 0.6) is 0 Å². The number of nitrogens with zero attached hydrogens (tertiary/aromatic N) is 2. The second-order valence-electron chi connectivity index (χ2n) is 9.05. The standard InChI is InChI=1S/C21H28FN3O5/c1-20(2,3)30-17(27)11-21(29)6-8-25(9-7-21)18-15(22)10-13(12-23-18)14-4-5-16(26)24-19(14)28/h10,12,14,29H,4-9,11H2,1-3H3,(H,24,26,28). The first kappa shape index (κ1) is 22.1. The number of anilines is 1. The number of ether oxygens (including phenoxy) is 1. The van der Waals surface area contributed by atoms with E-state index in [9.17, 15) is 23.9 Å². The monoisotopic (exact) mass is 421 g/mol. The Kier molecular flexibility index (Phi) is 6.12. The number of hydrogen-bond acceptors (Lipinski definition) is 7. The van der Waals surface area contributed by atoms with Crippen molar-refractivity contribution < 1.29 is 28.6 Å². The summed E-state index contributed by atoms with van der Waals surface area (Å²) in [5, 5.41) is 13.0. The van der Waals surface area contributed by atoms with E-state index in [0.29, 0.717) is 25.1 Å². The van der Waals surface area contributed by atoms with Gasteiger partial charge in [0.15, 0.2) is 11.6 Å². The van der Waals surface area contributed by atoms with Gasteiger partial charge in [-0.2, -0.15) is 0 Å². The molecule has 3 heterocycles. The lowest BCUT2D eigenvalue weighted by molar-refractivity contribution is -0.161. The number of nitrogens with one attached hydrogen (secondary N) is 1. The second kappa shape index (κ2) is 8.29. The van der Waals surface area contributed by atoms with Crippen LogP contribution in [0.25, 0.3) is 0 Å². The summed E-state index contributed by atoms with van der Waals surface area (Å²) >= 11 is 0. The molecule has 1 atom stereocenters. The molecule has 1 unspecified atom stereocenters. The van der Waals surface area contributed by atoms with Crippen LogP contribution in [0.3, 0.4) is 0 Å². The summed E-state index contributed by atoms with van der Waals surface area (Å²) in [6.07, 6.45) is 2.45. The fourth-order valence-electron chi connectivity index (χ4n) is 3.84. The molecule has 0 aliphatic carbocycles. The molecule has 1 aromatic heterocycles. The van der Waals surface area contributed by atoms with Gasteiger partial charge in [-0.25, -0.2) is 9.37 Å². The zero-order valence-electron chi connectivity index (χ0n) is 17.5. The van der Waals surface area contributed by atoms with Crippen LogP contribution in [0, 0.1) is 5.82 Å². The predicted molar refractivity (Wildman–Crippen MR) is 106 cm³/mol. The van der Waals surface area contributed by atoms with Crippen molar-refractivity contribution in [1.82, 2.24) is 10.3 Å². The fraction of sp³-hybridized carbons (Fsp3) is 0.619. The van der Waals surface area contributed by atoms with Crippen LogP contribution in [-0.4, -0.2) is 52.2 Å². The van der Waals surface area contributed by atoms with Gasteiger partial charge in [-0.15, -0.1) is 0 Å². The molecule has 30 heavy (non-hydrogen) atoms. The molecule has 8 nitrogen and oxygen atoms in total. The molecule has 0 bridgehead atoms. The van der Waals surface area contributed by atoms with Gasteiger partial charge in [0.2, 0.25) is 11.8 Å². The number of aliphatic hydroxyl groups is 1. The Bertz CT molecular complexity index is 844. The highest BCUT2D eigenvalue weighted by Crippen LogP contribution is 2.32. The summed E-state index contributed by atoms with van der Waals surface area (Å²) in [7, 11) is 0. The van der Waals surface area contributed by atoms with Gasteiger partial charge in [-0.1, -0.05) is 0 Å². The van der Waals surface area contributed by atoms with Crippen LogP contribution in [0.15, 0.2) is 12.3 Å². The smallest absolute Gasteiger partial charge is 0.309 e. The van der Waals surface area contributed by atoms with E-state index in [2.05, 4.69) is 10.3 Å². The van der Waals surface area contributed by atoms with Crippen LogP contribution in [0.2, 0.25) is 0 Å². The molecule has 164 valence electrons. The average Bonchev–Trinajstić information content (AvgIpc) is 2.60. The third kappa shape index (κ3) is 5.33. The van der Waals surface area contributed by atoms with Crippen LogP contribution in [0.1, 0.15) is 64.4 Å². The summed E-state index contributed by atoms with van der Waals surface area (Å²) in [6, 6.07) is 1.28. The van der Waals surface area contributed by atoms with Gasteiger partial charge in [0.05, 0.1) is 17.9 Å². The molecule has 2 amide bonds. The van der Waals surface area contributed by atoms with Crippen molar-refractivity contribution in [2.75, 3.05) is 18.0 Å². The number of imide groups is 1. The topological polar surface area (TPSA) is 109 Å². The summed E-state index contributed by atoms with van der Waals surface area (Å²) in [4.78, 5) is 41.2. The Morgan fingerprint density at radius 2 is 2.03 bits per heavy atom. The first-order valence-corrected chi connectivity index (χ1v) is 10.1. The molecule has 2 aliphatic rings. The fourth-order valence-corrected chi connectivity index (χ4v) is 3.84. The average molecular weight is 421 g/mol. The minimum Gasteiger partial charge on any atom is -0.460 e. The molecule has 0 aromatic carbocycles. The number of carbonyl (C=O) groups excluding carboxylic acids is 3. The van der Waals surface area contributed by atoms with E-state index in [1.165, 1.54) is 12.3 Å². The summed E-state index contributed by atoms with van der Waals surface area (Å²) in [6.45, 7) is 5.97. The highest BCUT2D eigenvalue weighted by Gasteiger charge is 2.37. The van der Waals surface area contributed by atoms with E-state index in [1.54, 1.807) is 25.7 Å². The number of halogens is 1. The molecule has 3 rings (SSSR count). The highest BCUT2D eigenvalue weighted by molar-refractivity contribution is 6.00. The normalized spacial score (nSPS) is 21.9. The Hall–Kier alpha value is -2.55. The van der Waals surface area contributed by atoms with Gasteiger partial charge in [-0.05, 0) is 51.7 Å². The minimum atomic E-state index is -1.19. The molecule has 0 spiro atoms. The van der Waals surface area contributed by atoms with Gasteiger partial charge in [-0.3, -0.25) is 19.7 Å². The number of amides is 2. The molecule has 0 saturated carbocycles. The molecule has 2 aliphatic heterocycles. The molecule has 0 radical (unpaired) electrons. The quantitative estimate of drug-likeness (QED) is 0.564. The number of pyridine rings is 1. The Labute approximate surface area is 174 Å². The first-order valence-electron chi connectivity index (χ1n) is 10.1. The van der Waals surface area contributed by atoms with E-state index in [1.807, 2.05) is 0 Å². The second-order valence-corrected chi connectivity index (χ2v) is 9.05. The number of hydrogen-bond donors (Lipinski definition) is 2. The molecule has 2 fully saturated rings. The molecular weight excluding hydrogens is 393 g/mol. The van der Waals surface area contributed by atoms with Crippen LogP contribution < -0.4 is 10.2 Å². The maximum atomic E-state index is 14.7. The summed E-state index contributed by atoms with van der Waals surface area (Å²) in [5.74, 6) is -2.24. The van der Waals surface area contributed by atoms with E-state index >= 15 is 0 Å². The predicted octanol–water partition coefficient (Wildman–Crippen LogP) is 1.80. The number of piperidine rings is 2. The van der Waals surface area contributed by atoms with Crippen molar-refractivity contribution in [3.05, 3.63) is 23.6 Å². The minimum absolute atomic E-state index is 0.109. The van der Waals surface area contributed by atoms with Crippen molar-refractivity contribution in [2.24, 2.45) is 0 Å². The molecule has 1 aromatic rings. The van der Waals surface area contributed by atoms with Crippen molar-refractivity contribution in [3.8, 4) is 0 Å². The van der Waals surface area contributed by atoms with E-state index in [0.717, 1.165) is 0 Å². The van der Waals surface area contributed by atoms with Gasteiger partial charge in [0.1, 0.15) is 5.60 Å². The van der Waals surface area contributed by atoms with Crippen molar-refractivity contribution in [1.29, 1.82) is 0 Å². The number of carbonyl (C=O) groups is 3. The summed E-state index contributed by atoms with van der Waals surface area (Å²) < 4.78 is 20.0. The van der Waals surface area contributed by atoms with Crippen molar-refractivity contribution >= 4 is 23.6 Å². The van der Waals surface area contributed by atoms with Gasteiger partial charge in [0.25, 0.3) is 0 Å². The SMILES string of the molecule is CC(C)(C)OC(=O)CC1(O)CCN(c2ncc(C3CCC(=O)NC3=O)cc2F)CC1. The largest absolute Gasteiger partial charge is 0.460 e.